The van der Waals surface area contributed by atoms with E-state index in [0.717, 1.165) is 14.9 Å². The summed E-state index contributed by atoms with van der Waals surface area (Å²) < 4.78 is 42.1. The van der Waals surface area contributed by atoms with Gasteiger partial charge in [-0.2, -0.15) is 13.2 Å². The van der Waals surface area contributed by atoms with Gasteiger partial charge in [0.15, 0.2) is 6.54 Å². The summed E-state index contributed by atoms with van der Waals surface area (Å²) in [7, 11) is 3.27. The van der Waals surface area contributed by atoms with Crippen LogP contribution >= 0.6 is 15.9 Å². The molecule has 1 aromatic carbocycles. The third kappa shape index (κ3) is 6.81. The molecule has 1 unspecified atom stereocenters. The number of ether oxygens (including phenoxy) is 1. The number of halogens is 4. The maximum absolute atomic E-state index is 12.0. The van der Waals surface area contributed by atoms with E-state index in [9.17, 15) is 18.0 Å². The molecule has 0 aliphatic carbocycles. The van der Waals surface area contributed by atoms with Crippen LogP contribution in [0.1, 0.15) is 5.56 Å². The number of likely N-dealkylation sites (N-methyl/N-ethyl adjacent to an activating group) is 1. The fourth-order valence-corrected chi connectivity index (χ4v) is 2.22. The molecule has 0 radical (unpaired) electrons. The normalized spacial score (nSPS) is 12.9. The van der Waals surface area contributed by atoms with Gasteiger partial charge in [-0.1, -0.05) is 15.9 Å². The molecule has 0 aliphatic heterocycles. The summed E-state index contributed by atoms with van der Waals surface area (Å²) in [6.45, 7) is -0.896. The summed E-state index contributed by atoms with van der Waals surface area (Å²) in [4.78, 5) is 12.2. The topological polar surface area (TPSA) is 42.8 Å². The molecule has 21 heavy (non-hydrogen) atoms. The first-order valence-corrected chi connectivity index (χ1v) is 6.97. The van der Waals surface area contributed by atoms with Crippen molar-refractivity contribution in [3.63, 3.8) is 0 Å². The van der Waals surface area contributed by atoms with Gasteiger partial charge in [0.2, 0.25) is 0 Å². The lowest BCUT2D eigenvalue weighted by molar-refractivity contribution is -0.885. The molecule has 1 atom stereocenters. The third-order valence-corrected chi connectivity index (χ3v) is 3.18. The highest BCUT2D eigenvalue weighted by atomic mass is 79.9. The van der Waals surface area contributed by atoms with Gasteiger partial charge in [-0.05, 0) is 18.2 Å². The van der Waals surface area contributed by atoms with Gasteiger partial charge < -0.3 is 15.0 Å². The number of methoxy groups -OCH3 is 1. The summed E-state index contributed by atoms with van der Waals surface area (Å²) in [6, 6.07) is 5.47. The van der Waals surface area contributed by atoms with Crippen molar-refractivity contribution in [1.29, 1.82) is 0 Å². The Morgan fingerprint density at radius 3 is 2.67 bits per heavy atom. The Balaban J connectivity index is 2.55. The number of rotatable bonds is 6. The number of benzene rings is 1. The van der Waals surface area contributed by atoms with Crippen LogP contribution in [0.2, 0.25) is 0 Å². The Labute approximate surface area is 129 Å². The van der Waals surface area contributed by atoms with Crippen molar-refractivity contribution >= 4 is 21.8 Å². The van der Waals surface area contributed by atoms with Crippen LogP contribution in [-0.2, 0) is 11.3 Å². The van der Waals surface area contributed by atoms with E-state index in [1.54, 1.807) is 13.1 Å². The first kappa shape index (κ1) is 17.8. The Morgan fingerprint density at radius 1 is 1.43 bits per heavy atom. The zero-order valence-corrected chi connectivity index (χ0v) is 13.3. The van der Waals surface area contributed by atoms with Gasteiger partial charge in [-0.3, -0.25) is 4.79 Å². The van der Waals surface area contributed by atoms with Gasteiger partial charge in [0.05, 0.1) is 14.2 Å². The number of hydrogen-bond donors (Lipinski definition) is 2. The smallest absolute Gasteiger partial charge is 0.405 e. The minimum absolute atomic E-state index is 0.0499. The highest BCUT2D eigenvalue weighted by Gasteiger charge is 2.28. The maximum atomic E-state index is 12.0. The second-order valence-corrected chi connectivity index (χ2v) is 5.57. The van der Waals surface area contributed by atoms with E-state index in [0.29, 0.717) is 12.3 Å². The predicted octanol–water partition coefficient (Wildman–Crippen LogP) is 1.15. The largest absolute Gasteiger partial charge is 0.496 e. The van der Waals surface area contributed by atoms with Crippen molar-refractivity contribution in [1.82, 2.24) is 5.32 Å². The summed E-state index contributed by atoms with van der Waals surface area (Å²) >= 11 is 3.34. The van der Waals surface area contributed by atoms with Crippen LogP contribution in [0.25, 0.3) is 0 Å². The Kier molecular flexibility index (Phi) is 6.47. The van der Waals surface area contributed by atoms with E-state index < -0.39 is 18.6 Å². The highest BCUT2D eigenvalue weighted by Crippen LogP contribution is 2.22. The fraction of sp³-hybridized carbons (Fsp3) is 0.462. The molecule has 1 amide bonds. The molecular formula is C13H17BrF3N2O2+. The molecule has 0 bridgehead atoms. The van der Waals surface area contributed by atoms with Crippen molar-refractivity contribution in [3.8, 4) is 5.75 Å². The summed E-state index contributed by atoms with van der Waals surface area (Å²) in [6.07, 6.45) is -4.39. The van der Waals surface area contributed by atoms with Crippen LogP contribution in [-0.4, -0.2) is 39.3 Å². The molecule has 0 aromatic heterocycles. The van der Waals surface area contributed by atoms with E-state index in [-0.39, 0.29) is 6.54 Å². The molecular weight excluding hydrogens is 353 g/mol. The van der Waals surface area contributed by atoms with Crippen molar-refractivity contribution in [3.05, 3.63) is 28.2 Å². The standard InChI is InChI=1S/C13H16BrF3N2O2/c1-19(7-12(20)18-8-13(15,16)17)6-9-5-10(14)3-4-11(9)21-2/h3-5H,6-8H2,1-2H3,(H,18,20)/p+1. The van der Waals surface area contributed by atoms with Gasteiger partial charge in [-0.15, -0.1) is 0 Å². The quantitative estimate of drug-likeness (QED) is 0.789. The molecule has 0 fully saturated rings. The Morgan fingerprint density at radius 2 is 2.10 bits per heavy atom. The molecule has 2 N–H and O–H groups in total. The molecule has 0 aliphatic rings. The van der Waals surface area contributed by atoms with E-state index in [1.165, 1.54) is 7.11 Å². The van der Waals surface area contributed by atoms with Crippen LogP contribution in [0.15, 0.2) is 22.7 Å². The summed E-state index contributed by atoms with van der Waals surface area (Å²) in [5.74, 6) is 0.0343. The molecule has 4 nitrogen and oxygen atoms in total. The average Bonchev–Trinajstić information content (AvgIpc) is 2.35. The van der Waals surface area contributed by atoms with Gasteiger partial charge in [0, 0.05) is 10.0 Å². The van der Waals surface area contributed by atoms with E-state index in [2.05, 4.69) is 15.9 Å². The number of alkyl halides is 3. The van der Waals surface area contributed by atoms with Crippen LogP contribution in [0.4, 0.5) is 13.2 Å². The fourth-order valence-electron chi connectivity index (χ4n) is 1.81. The number of carbonyl (C=O) groups is 1. The van der Waals surface area contributed by atoms with E-state index in [4.69, 9.17) is 4.74 Å². The number of quaternary nitrogens is 1. The van der Waals surface area contributed by atoms with Crippen molar-refractivity contribution in [2.24, 2.45) is 0 Å². The third-order valence-electron chi connectivity index (χ3n) is 2.68. The predicted molar refractivity (Wildman–Crippen MR) is 75.2 cm³/mol. The minimum Gasteiger partial charge on any atom is -0.496 e. The van der Waals surface area contributed by atoms with Crippen LogP contribution in [0.5, 0.6) is 5.75 Å². The van der Waals surface area contributed by atoms with E-state index in [1.807, 2.05) is 17.4 Å². The van der Waals surface area contributed by atoms with Crippen molar-refractivity contribution in [2.45, 2.75) is 12.7 Å². The van der Waals surface area contributed by atoms with Gasteiger partial charge in [-0.25, -0.2) is 0 Å². The average molecular weight is 370 g/mol. The highest BCUT2D eigenvalue weighted by molar-refractivity contribution is 9.10. The molecule has 118 valence electrons. The number of amides is 1. The first-order valence-electron chi connectivity index (χ1n) is 6.18. The van der Waals surface area contributed by atoms with Gasteiger partial charge >= 0.3 is 6.18 Å². The molecule has 0 saturated heterocycles. The molecule has 0 spiro atoms. The lowest BCUT2D eigenvalue weighted by Gasteiger charge is -2.16. The molecule has 1 rings (SSSR count). The lowest BCUT2D eigenvalue weighted by Crippen LogP contribution is -3.08. The second-order valence-electron chi connectivity index (χ2n) is 4.66. The zero-order valence-electron chi connectivity index (χ0n) is 11.7. The monoisotopic (exact) mass is 369 g/mol. The lowest BCUT2D eigenvalue weighted by atomic mass is 10.2. The minimum atomic E-state index is -4.39. The Hall–Kier alpha value is -1.28. The number of hydrogen-bond acceptors (Lipinski definition) is 2. The van der Waals surface area contributed by atoms with Crippen LogP contribution in [0.3, 0.4) is 0 Å². The summed E-state index contributed by atoms with van der Waals surface area (Å²) in [5.41, 5.74) is 0.869. The maximum Gasteiger partial charge on any atom is 0.405 e. The van der Waals surface area contributed by atoms with Crippen LogP contribution in [0, 0.1) is 0 Å². The Bertz CT molecular complexity index is 495. The molecule has 0 saturated carbocycles. The van der Waals surface area contributed by atoms with Crippen LogP contribution < -0.4 is 15.0 Å². The second kappa shape index (κ2) is 7.65. The van der Waals surface area contributed by atoms with Crippen molar-refractivity contribution < 1.29 is 27.6 Å². The zero-order chi connectivity index (χ0) is 16.0. The van der Waals surface area contributed by atoms with Gasteiger partial charge in [0.1, 0.15) is 18.8 Å². The molecule has 0 heterocycles. The molecule has 1 aromatic rings. The van der Waals surface area contributed by atoms with Crippen molar-refractivity contribution in [2.75, 3.05) is 27.2 Å². The summed E-state index contributed by atoms with van der Waals surface area (Å²) in [5, 5.41) is 1.85. The van der Waals surface area contributed by atoms with E-state index >= 15 is 0 Å². The molecule has 8 heteroatoms. The van der Waals surface area contributed by atoms with Gasteiger partial charge in [0.25, 0.3) is 5.91 Å². The number of carbonyl (C=O) groups excluding carboxylic acids is 1. The number of nitrogens with one attached hydrogen (secondary N) is 2. The SMILES string of the molecule is COc1ccc(Br)cc1C[NH+](C)CC(=O)NCC(F)(F)F. The first-order chi connectivity index (χ1) is 9.71.